The van der Waals surface area contributed by atoms with E-state index in [1.807, 2.05) is 25.1 Å². The summed E-state index contributed by atoms with van der Waals surface area (Å²) in [5.74, 6) is 0. The van der Waals surface area contributed by atoms with E-state index in [1.54, 1.807) is 11.3 Å². The molecule has 0 spiro atoms. The third kappa shape index (κ3) is 3.73. The Kier molecular flexibility index (Phi) is 5.44. The fourth-order valence-electron chi connectivity index (χ4n) is 2.29. The maximum atomic E-state index is 6.27. The summed E-state index contributed by atoms with van der Waals surface area (Å²) in [7, 11) is 0. The summed E-state index contributed by atoms with van der Waals surface area (Å²) in [5.41, 5.74) is 2.16. The number of thiazole rings is 1. The number of halogens is 2. The van der Waals surface area contributed by atoms with Crippen LogP contribution in [0.1, 0.15) is 34.1 Å². The zero-order valence-corrected chi connectivity index (χ0v) is 14.2. The molecule has 0 amide bonds. The molecule has 0 saturated carbocycles. The molecule has 2 aromatic rings. The van der Waals surface area contributed by atoms with Crippen molar-refractivity contribution in [2.45, 2.75) is 33.2 Å². The zero-order valence-electron chi connectivity index (χ0n) is 11.8. The highest BCUT2D eigenvalue weighted by Gasteiger charge is 2.18. The predicted octanol–water partition coefficient (Wildman–Crippen LogP) is 4.96. The second-order valence-electron chi connectivity index (χ2n) is 4.73. The zero-order chi connectivity index (χ0) is 14.7. The van der Waals surface area contributed by atoms with Crippen LogP contribution in [-0.2, 0) is 6.42 Å². The van der Waals surface area contributed by atoms with Crippen molar-refractivity contribution < 1.29 is 0 Å². The highest BCUT2D eigenvalue weighted by Crippen LogP contribution is 2.30. The van der Waals surface area contributed by atoms with Gasteiger partial charge in [-0.05, 0) is 50.6 Å². The van der Waals surface area contributed by atoms with Crippen LogP contribution in [0.4, 0.5) is 0 Å². The Morgan fingerprint density at radius 2 is 2.05 bits per heavy atom. The van der Waals surface area contributed by atoms with Gasteiger partial charge in [-0.2, -0.15) is 0 Å². The van der Waals surface area contributed by atoms with E-state index in [2.05, 4.69) is 24.1 Å². The van der Waals surface area contributed by atoms with E-state index in [9.17, 15) is 0 Å². The Morgan fingerprint density at radius 3 is 2.65 bits per heavy atom. The highest BCUT2D eigenvalue weighted by atomic mass is 35.5. The van der Waals surface area contributed by atoms with E-state index in [0.29, 0.717) is 0 Å². The summed E-state index contributed by atoms with van der Waals surface area (Å²) in [6.45, 7) is 7.11. The van der Waals surface area contributed by atoms with Crippen LogP contribution in [0.2, 0.25) is 10.0 Å². The Hall–Kier alpha value is -0.610. The van der Waals surface area contributed by atoms with Crippen LogP contribution in [0, 0.1) is 13.8 Å². The van der Waals surface area contributed by atoms with Crippen molar-refractivity contribution in [2.24, 2.45) is 0 Å². The number of hydrogen-bond donors (Lipinski definition) is 1. The van der Waals surface area contributed by atoms with Crippen LogP contribution in [0.15, 0.2) is 18.2 Å². The van der Waals surface area contributed by atoms with Gasteiger partial charge in [0.05, 0.1) is 10.7 Å². The molecule has 5 heteroatoms. The summed E-state index contributed by atoms with van der Waals surface area (Å²) in [5, 5.41) is 6.09. The van der Waals surface area contributed by atoms with Gasteiger partial charge in [-0.3, -0.25) is 0 Å². The van der Waals surface area contributed by atoms with Crippen molar-refractivity contribution in [3.63, 3.8) is 0 Å². The molecule has 1 unspecified atom stereocenters. The van der Waals surface area contributed by atoms with Gasteiger partial charge in [-0.1, -0.05) is 30.1 Å². The van der Waals surface area contributed by atoms with Crippen LogP contribution in [0.5, 0.6) is 0 Å². The number of hydrogen-bond acceptors (Lipinski definition) is 3. The molecule has 1 aromatic heterocycles. The minimum Gasteiger partial charge on any atom is -0.309 e. The van der Waals surface area contributed by atoms with Crippen LogP contribution in [0.3, 0.4) is 0 Å². The Labute approximate surface area is 134 Å². The van der Waals surface area contributed by atoms with E-state index in [-0.39, 0.29) is 6.04 Å². The highest BCUT2D eigenvalue weighted by molar-refractivity contribution is 7.11. The lowest BCUT2D eigenvalue weighted by molar-refractivity contribution is 0.555. The van der Waals surface area contributed by atoms with Gasteiger partial charge in [0.25, 0.3) is 0 Å². The Balaban J connectivity index is 2.30. The molecule has 0 aliphatic heterocycles. The second kappa shape index (κ2) is 6.90. The normalized spacial score (nSPS) is 12.7. The van der Waals surface area contributed by atoms with Crippen LogP contribution in [-0.4, -0.2) is 11.5 Å². The van der Waals surface area contributed by atoms with Crippen molar-refractivity contribution in [1.29, 1.82) is 0 Å². The molecule has 0 radical (unpaired) electrons. The SMILES string of the molecule is CCNC(Cc1cc(Cl)ccc1Cl)c1sc(C)nc1C. The molecule has 108 valence electrons. The van der Waals surface area contributed by atoms with Crippen LogP contribution >= 0.6 is 34.5 Å². The summed E-state index contributed by atoms with van der Waals surface area (Å²) in [6, 6.07) is 5.84. The number of nitrogens with zero attached hydrogens (tertiary/aromatic N) is 1. The molecular weight excluding hydrogens is 311 g/mol. The predicted molar refractivity (Wildman–Crippen MR) is 88.2 cm³/mol. The third-order valence-corrected chi connectivity index (χ3v) is 4.93. The van der Waals surface area contributed by atoms with E-state index in [4.69, 9.17) is 23.2 Å². The molecule has 0 fully saturated rings. The molecule has 1 N–H and O–H groups in total. The molecular formula is C15H18Cl2N2S. The van der Waals surface area contributed by atoms with Crippen molar-refractivity contribution in [3.05, 3.63) is 49.4 Å². The molecule has 1 heterocycles. The fraction of sp³-hybridized carbons (Fsp3) is 0.400. The first-order chi connectivity index (χ1) is 9.51. The molecule has 2 rings (SSSR count). The average molecular weight is 329 g/mol. The van der Waals surface area contributed by atoms with Crippen LogP contribution < -0.4 is 5.32 Å². The summed E-state index contributed by atoms with van der Waals surface area (Å²) in [4.78, 5) is 5.79. The quantitative estimate of drug-likeness (QED) is 0.838. The van der Waals surface area contributed by atoms with E-state index in [0.717, 1.165) is 39.3 Å². The average Bonchev–Trinajstić information content (AvgIpc) is 2.72. The lowest BCUT2D eigenvalue weighted by atomic mass is 10.0. The van der Waals surface area contributed by atoms with Crippen LogP contribution in [0.25, 0.3) is 0 Å². The number of likely N-dealkylation sites (N-methyl/N-ethyl adjacent to an activating group) is 1. The third-order valence-electron chi connectivity index (χ3n) is 3.14. The topological polar surface area (TPSA) is 24.9 Å². The van der Waals surface area contributed by atoms with E-state index in [1.165, 1.54) is 4.88 Å². The van der Waals surface area contributed by atoms with Gasteiger partial charge in [0.15, 0.2) is 0 Å². The lowest BCUT2D eigenvalue weighted by Gasteiger charge is -2.18. The first-order valence-electron chi connectivity index (χ1n) is 6.62. The maximum absolute atomic E-state index is 6.27. The van der Waals surface area contributed by atoms with Gasteiger partial charge < -0.3 is 5.32 Å². The summed E-state index contributed by atoms with van der Waals surface area (Å²) in [6.07, 6.45) is 0.815. The largest absolute Gasteiger partial charge is 0.309 e. The molecule has 0 aliphatic rings. The van der Waals surface area contributed by atoms with Gasteiger partial charge in [0, 0.05) is 21.0 Å². The number of benzene rings is 1. The number of aryl methyl sites for hydroxylation is 2. The molecule has 0 aliphatic carbocycles. The van der Waals surface area contributed by atoms with Gasteiger partial charge in [0.2, 0.25) is 0 Å². The molecule has 1 atom stereocenters. The number of nitrogens with one attached hydrogen (secondary N) is 1. The molecule has 1 aromatic carbocycles. The lowest BCUT2D eigenvalue weighted by Crippen LogP contribution is -2.23. The van der Waals surface area contributed by atoms with E-state index < -0.39 is 0 Å². The molecule has 2 nitrogen and oxygen atoms in total. The van der Waals surface area contributed by atoms with Gasteiger partial charge in [-0.25, -0.2) is 4.98 Å². The Morgan fingerprint density at radius 1 is 1.30 bits per heavy atom. The van der Waals surface area contributed by atoms with Gasteiger partial charge >= 0.3 is 0 Å². The second-order valence-corrected chi connectivity index (χ2v) is 6.81. The standard InChI is InChI=1S/C15H18Cl2N2S/c1-4-18-14(15-9(2)19-10(3)20-15)8-11-7-12(16)5-6-13(11)17/h5-7,14,18H,4,8H2,1-3H3. The van der Waals surface area contributed by atoms with Crippen molar-refractivity contribution >= 4 is 34.5 Å². The summed E-state index contributed by atoms with van der Waals surface area (Å²) < 4.78 is 0. The van der Waals surface area contributed by atoms with Crippen molar-refractivity contribution in [1.82, 2.24) is 10.3 Å². The summed E-state index contributed by atoms with van der Waals surface area (Å²) >= 11 is 14.1. The monoisotopic (exact) mass is 328 g/mol. The fourth-order valence-corrected chi connectivity index (χ4v) is 3.69. The first-order valence-corrected chi connectivity index (χ1v) is 8.19. The number of rotatable bonds is 5. The smallest absolute Gasteiger partial charge is 0.0900 e. The maximum Gasteiger partial charge on any atom is 0.0900 e. The number of aromatic nitrogens is 1. The van der Waals surface area contributed by atoms with Gasteiger partial charge in [0.1, 0.15) is 0 Å². The van der Waals surface area contributed by atoms with Crippen molar-refractivity contribution in [2.75, 3.05) is 6.54 Å². The minimum atomic E-state index is 0.224. The van der Waals surface area contributed by atoms with Crippen molar-refractivity contribution in [3.8, 4) is 0 Å². The first kappa shape index (κ1) is 15.8. The van der Waals surface area contributed by atoms with E-state index >= 15 is 0 Å². The molecule has 0 saturated heterocycles. The molecule has 0 bridgehead atoms. The van der Waals surface area contributed by atoms with Gasteiger partial charge in [-0.15, -0.1) is 11.3 Å². The minimum absolute atomic E-state index is 0.224. The Bertz CT molecular complexity index is 596. The molecule has 20 heavy (non-hydrogen) atoms.